The van der Waals surface area contributed by atoms with Crippen molar-refractivity contribution in [2.24, 2.45) is 0 Å². The zero-order valence-electron chi connectivity index (χ0n) is 32.6. The number of aromatic nitrogens is 3. The van der Waals surface area contributed by atoms with Crippen LogP contribution >= 0.6 is 23.5 Å². The maximum absolute atomic E-state index is 2.65. The summed E-state index contributed by atoms with van der Waals surface area (Å²) in [6.07, 6.45) is 0. The summed E-state index contributed by atoms with van der Waals surface area (Å²) in [5.41, 5.74) is 19.9. The predicted molar refractivity (Wildman–Crippen MR) is 260 cm³/mol. The van der Waals surface area contributed by atoms with Gasteiger partial charge in [-0.15, -0.1) is 0 Å². The van der Waals surface area contributed by atoms with Crippen molar-refractivity contribution in [3.8, 4) is 17.1 Å². The van der Waals surface area contributed by atoms with Gasteiger partial charge in [0.25, 0.3) is 0 Å². The van der Waals surface area contributed by atoms with Gasteiger partial charge in [0.05, 0.1) is 22.1 Å². The van der Waals surface area contributed by atoms with E-state index >= 15 is 0 Å². The molecule has 7 heterocycles. The summed E-state index contributed by atoms with van der Waals surface area (Å²) in [5.74, 6) is 0. The number of fused-ring (bicyclic) bond motifs is 18. The van der Waals surface area contributed by atoms with Crippen LogP contribution in [0.2, 0.25) is 0 Å². The molecule has 61 heavy (non-hydrogen) atoms. The Bertz CT molecular complexity index is 3990. The molecule has 0 amide bonds. The van der Waals surface area contributed by atoms with Gasteiger partial charge >= 0.3 is 0 Å². The summed E-state index contributed by atoms with van der Waals surface area (Å²) in [4.78, 5) is 5.39. The van der Waals surface area contributed by atoms with E-state index in [4.69, 9.17) is 0 Å². The number of hydrogen-bond donors (Lipinski definition) is 0. The fourth-order valence-electron chi connectivity index (χ4n) is 12.1. The molecule has 0 N–H and O–H groups in total. The molecule has 7 heteroatoms. The normalized spacial score (nSPS) is 14.0. The van der Waals surface area contributed by atoms with Crippen LogP contribution in [0.15, 0.2) is 196 Å². The lowest BCUT2D eigenvalue weighted by molar-refractivity contribution is 1.12. The molecule has 0 bridgehead atoms. The Balaban J connectivity index is 1.08. The van der Waals surface area contributed by atoms with Crippen LogP contribution in [-0.4, -0.2) is 27.1 Å². The van der Waals surface area contributed by atoms with Gasteiger partial charge in [0.2, 0.25) is 13.4 Å². The van der Waals surface area contributed by atoms with Crippen molar-refractivity contribution in [1.29, 1.82) is 0 Å². The molecule has 0 unspecified atom stereocenters. The zero-order valence-corrected chi connectivity index (χ0v) is 34.2. The summed E-state index contributed by atoms with van der Waals surface area (Å²) in [7, 11) is 0. The van der Waals surface area contributed by atoms with E-state index in [1.807, 2.05) is 23.5 Å². The van der Waals surface area contributed by atoms with Crippen molar-refractivity contribution >= 4 is 135 Å². The van der Waals surface area contributed by atoms with E-state index in [0.717, 1.165) is 0 Å². The molecule has 0 saturated carbocycles. The maximum Gasteiger partial charge on any atom is 0.249 e. The number of para-hydroxylation sites is 4. The third kappa shape index (κ3) is 3.78. The number of benzene rings is 9. The third-order valence-electron chi connectivity index (χ3n) is 14.3. The van der Waals surface area contributed by atoms with Crippen molar-refractivity contribution in [3.63, 3.8) is 0 Å². The van der Waals surface area contributed by atoms with Gasteiger partial charge in [0.1, 0.15) is 0 Å². The standard InChI is InChI=1S/C54H29B2N3S2/c1-5-20-40-31(12-1)32-13-2-6-21-41(32)57(40)30-28-44-51-48(29-30)61-46-24-8-4-17-37(46)56(51)39-19-10-15-35-49-42(58(44)53(35)39)27-26-34-33-14-9-18-38-52(33)59(54(34)49)43-22-11-25-47-50(43)55(38)36-16-3-7-23-45(36)60-47/h1-29H. The van der Waals surface area contributed by atoms with Crippen molar-refractivity contribution in [3.05, 3.63) is 176 Å². The Morgan fingerprint density at radius 2 is 0.869 bits per heavy atom. The van der Waals surface area contributed by atoms with Crippen LogP contribution in [0, 0.1) is 0 Å². The van der Waals surface area contributed by atoms with Crippen LogP contribution in [-0.2, 0) is 0 Å². The molecule has 16 rings (SSSR count). The molecular weight excluding hydrogens is 776 g/mol. The first-order chi connectivity index (χ1) is 30.3. The topological polar surface area (TPSA) is 14.8 Å². The highest BCUT2D eigenvalue weighted by molar-refractivity contribution is 8.00. The van der Waals surface area contributed by atoms with E-state index in [9.17, 15) is 0 Å². The number of hydrogen-bond acceptors (Lipinski definition) is 2. The molecule has 12 aromatic rings. The Morgan fingerprint density at radius 1 is 0.328 bits per heavy atom. The Hall–Kier alpha value is -6.79. The van der Waals surface area contributed by atoms with E-state index in [2.05, 4.69) is 190 Å². The molecule has 3 aromatic heterocycles. The van der Waals surface area contributed by atoms with Crippen LogP contribution < -0.4 is 32.8 Å². The molecule has 0 radical (unpaired) electrons. The molecule has 278 valence electrons. The lowest BCUT2D eigenvalue weighted by atomic mass is 9.35. The lowest BCUT2D eigenvalue weighted by Crippen LogP contribution is -2.58. The summed E-state index contributed by atoms with van der Waals surface area (Å²) in [6, 6.07) is 66.9. The Kier molecular flexibility index (Phi) is 5.84. The van der Waals surface area contributed by atoms with E-state index < -0.39 is 0 Å². The highest BCUT2D eigenvalue weighted by Crippen LogP contribution is 2.46. The predicted octanol–water partition coefficient (Wildman–Crippen LogP) is 9.57. The zero-order chi connectivity index (χ0) is 39.2. The minimum Gasteiger partial charge on any atom is -0.310 e. The Morgan fingerprint density at radius 3 is 1.61 bits per heavy atom. The van der Waals surface area contributed by atoms with E-state index in [1.54, 1.807) is 0 Å². The first kappa shape index (κ1) is 32.0. The summed E-state index contributed by atoms with van der Waals surface area (Å²) >= 11 is 3.85. The van der Waals surface area contributed by atoms with Crippen molar-refractivity contribution in [1.82, 2.24) is 13.7 Å². The van der Waals surface area contributed by atoms with Crippen molar-refractivity contribution < 1.29 is 0 Å². The monoisotopic (exact) mass is 805 g/mol. The summed E-state index contributed by atoms with van der Waals surface area (Å²) in [5, 5.41) is 7.84. The second-order valence-electron chi connectivity index (χ2n) is 17.1. The van der Waals surface area contributed by atoms with Gasteiger partial charge in [-0.3, -0.25) is 0 Å². The maximum atomic E-state index is 2.65. The van der Waals surface area contributed by atoms with E-state index in [-0.39, 0.29) is 13.4 Å². The minimum absolute atomic E-state index is 0.126. The first-order valence-corrected chi connectivity index (χ1v) is 22.8. The average molecular weight is 806 g/mol. The van der Waals surface area contributed by atoms with Crippen LogP contribution in [0.4, 0.5) is 0 Å². The molecule has 4 aliphatic heterocycles. The third-order valence-corrected chi connectivity index (χ3v) is 16.6. The fourth-order valence-corrected chi connectivity index (χ4v) is 14.5. The molecule has 4 aliphatic rings. The van der Waals surface area contributed by atoms with Gasteiger partial charge in [-0.1, -0.05) is 156 Å². The van der Waals surface area contributed by atoms with Crippen LogP contribution in [0.5, 0.6) is 0 Å². The molecule has 0 spiro atoms. The van der Waals surface area contributed by atoms with Gasteiger partial charge in [0, 0.05) is 80.0 Å². The number of nitrogens with zero attached hydrogens (tertiary/aromatic N) is 3. The minimum atomic E-state index is 0.126. The average Bonchev–Trinajstić information content (AvgIpc) is 3.96. The molecule has 0 saturated heterocycles. The largest absolute Gasteiger partial charge is 0.310 e. The van der Waals surface area contributed by atoms with E-state index in [0.29, 0.717) is 0 Å². The highest BCUT2D eigenvalue weighted by Gasteiger charge is 2.42. The molecule has 0 fully saturated rings. The molecule has 0 atom stereocenters. The fraction of sp³-hybridized carbons (Fsp3) is 0. The van der Waals surface area contributed by atoms with Gasteiger partial charge in [-0.2, -0.15) is 0 Å². The van der Waals surface area contributed by atoms with Crippen molar-refractivity contribution in [2.75, 3.05) is 0 Å². The smallest absolute Gasteiger partial charge is 0.249 e. The van der Waals surface area contributed by atoms with Gasteiger partial charge in [0.15, 0.2) is 0 Å². The van der Waals surface area contributed by atoms with Gasteiger partial charge in [-0.25, -0.2) is 0 Å². The summed E-state index contributed by atoms with van der Waals surface area (Å²) < 4.78 is 7.79. The van der Waals surface area contributed by atoms with Gasteiger partial charge in [-0.05, 0) is 76.4 Å². The van der Waals surface area contributed by atoms with E-state index in [1.165, 1.54) is 135 Å². The second-order valence-corrected chi connectivity index (χ2v) is 19.3. The molecule has 0 aliphatic carbocycles. The molecular formula is C54H29B2N3S2. The molecule has 3 nitrogen and oxygen atoms in total. The second kappa shape index (κ2) is 11.1. The van der Waals surface area contributed by atoms with Gasteiger partial charge < -0.3 is 13.7 Å². The van der Waals surface area contributed by atoms with Crippen LogP contribution in [0.1, 0.15) is 0 Å². The van der Waals surface area contributed by atoms with Crippen LogP contribution in [0.25, 0.3) is 82.5 Å². The highest BCUT2D eigenvalue weighted by atomic mass is 32.2. The quantitative estimate of drug-likeness (QED) is 0.154. The summed E-state index contributed by atoms with van der Waals surface area (Å²) in [6.45, 7) is 0.320. The van der Waals surface area contributed by atoms with Crippen molar-refractivity contribution in [2.45, 2.75) is 19.6 Å². The Labute approximate surface area is 359 Å². The number of rotatable bonds is 1. The molecule has 9 aromatic carbocycles. The first-order valence-electron chi connectivity index (χ1n) is 21.2. The SMILES string of the molecule is c1ccc2c(c1)Sc1cc(-n3c4ccccc4c4ccccc43)cc3c1B2c1cccc2c4c(ccc5c6cccc7c6n(c54)-c4cccc5c4B7c4ccccc4S5)n-3c12. The van der Waals surface area contributed by atoms with Crippen LogP contribution in [0.3, 0.4) is 0 Å². The lowest BCUT2D eigenvalue weighted by Gasteiger charge is -2.33.